The van der Waals surface area contributed by atoms with Crippen molar-refractivity contribution < 1.29 is 0 Å². The van der Waals surface area contributed by atoms with E-state index in [0.29, 0.717) is 11.6 Å². The minimum absolute atomic E-state index is 0.577. The van der Waals surface area contributed by atoms with Crippen molar-refractivity contribution in [3.05, 3.63) is 41.1 Å². The number of rotatable bonds is 2. The van der Waals surface area contributed by atoms with E-state index in [2.05, 4.69) is 35.9 Å². The molecule has 0 aliphatic heterocycles. The number of nitrogens with two attached hydrogens (primary N) is 1. The van der Waals surface area contributed by atoms with Crippen molar-refractivity contribution in [2.45, 2.75) is 27.2 Å². The van der Waals surface area contributed by atoms with Crippen LogP contribution in [0.25, 0.3) is 11.4 Å². The average Bonchev–Trinajstić information content (AvgIpc) is 2.32. The zero-order chi connectivity index (χ0) is 12.4. The first kappa shape index (κ1) is 11.6. The quantitative estimate of drug-likeness (QED) is 0.858. The molecule has 1 heterocycles. The topological polar surface area (TPSA) is 51.8 Å². The Kier molecular flexibility index (Phi) is 3.09. The Hall–Kier alpha value is -1.90. The summed E-state index contributed by atoms with van der Waals surface area (Å²) in [4.78, 5) is 8.93. The lowest BCUT2D eigenvalue weighted by molar-refractivity contribution is 0.982. The Bertz CT molecular complexity index is 547. The summed E-state index contributed by atoms with van der Waals surface area (Å²) in [7, 11) is 0. The number of nitrogens with zero attached hydrogens (tertiary/aromatic N) is 2. The van der Waals surface area contributed by atoms with Gasteiger partial charge < -0.3 is 5.73 Å². The zero-order valence-corrected chi connectivity index (χ0v) is 10.5. The first-order chi connectivity index (χ1) is 8.11. The summed E-state index contributed by atoms with van der Waals surface area (Å²) in [6.07, 6.45) is 0.872. The number of anilines is 1. The van der Waals surface area contributed by atoms with Gasteiger partial charge in [-0.15, -0.1) is 0 Å². The van der Waals surface area contributed by atoms with Crippen molar-refractivity contribution >= 4 is 5.82 Å². The molecule has 1 aromatic carbocycles. The number of hydrogen-bond donors (Lipinski definition) is 1. The van der Waals surface area contributed by atoms with Crippen LogP contribution in [0.4, 0.5) is 5.82 Å². The molecule has 0 atom stereocenters. The van der Waals surface area contributed by atoms with E-state index in [0.717, 1.165) is 23.2 Å². The molecule has 0 saturated carbocycles. The van der Waals surface area contributed by atoms with Crippen LogP contribution in [0.3, 0.4) is 0 Å². The second kappa shape index (κ2) is 4.53. The molecule has 0 saturated heterocycles. The normalized spacial score (nSPS) is 10.5. The predicted molar refractivity (Wildman–Crippen MR) is 70.7 cm³/mol. The van der Waals surface area contributed by atoms with Gasteiger partial charge in [0.1, 0.15) is 5.82 Å². The van der Waals surface area contributed by atoms with Gasteiger partial charge in [0, 0.05) is 16.8 Å². The number of aromatic nitrogens is 2. The van der Waals surface area contributed by atoms with Crippen LogP contribution in [0, 0.1) is 13.8 Å². The fourth-order valence-electron chi connectivity index (χ4n) is 1.84. The van der Waals surface area contributed by atoms with Crippen LogP contribution in [0.15, 0.2) is 24.3 Å². The molecular weight excluding hydrogens is 210 g/mol. The van der Waals surface area contributed by atoms with Crippen molar-refractivity contribution in [1.82, 2.24) is 9.97 Å². The number of nitrogen functional groups attached to an aromatic ring is 1. The van der Waals surface area contributed by atoms with E-state index in [1.165, 1.54) is 5.56 Å². The van der Waals surface area contributed by atoms with Gasteiger partial charge in [-0.05, 0) is 26.3 Å². The largest absolute Gasteiger partial charge is 0.383 e. The molecule has 3 nitrogen and oxygen atoms in total. The average molecular weight is 227 g/mol. The molecule has 2 aromatic rings. The fourth-order valence-corrected chi connectivity index (χ4v) is 1.84. The highest BCUT2D eigenvalue weighted by molar-refractivity contribution is 5.59. The number of aryl methyl sites for hydroxylation is 2. The molecule has 0 spiro atoms. The standard InChI is InChI=1S/C14H17N3/c1-4-12-10(3)13(15)17-14(16-12)11-7-5-6-9(2)8-11/h5-8H,4H2,1-3H3,(H2,15,16,17). The molecule has 2 rings (SSSR count). The summed E-state index contributed by atoms with van der Waals surface area (Å²) in [6, 6.07) is 8.15. The Morgan fingerprint density at radius 2 is 1.94 bits per heavy atom. The minimum Gasteiger partial charge on any atom is -0.383 e. The van der Waals surface area contributed by atoms with E-state index in [9.17, 15) is 0 Å². The summed E-state index contributed by atoms with van der Waals surface area (Å²) < 4.78 is 0. The Morgan fingerprint density at radius 1 is 1.18 bits per heavy atom. The third-order valence-electron chi connectivity index (χ3n) is 2.90. The third-order valence-corrected chi connectivity index (χ3v) is 2.90. The second-order valence-corrected chi connectivity index (χ2v) is 4.23. The second-order valence-electron chi connectivity index (χ2n) is 4.23. The molecular formula is C14H17N3. The van der Waals surface area contributed by atoms with Crippen LogP contribution < -0.4 is 5.73 Å². The van der Waals surface area contributed by atoms with Crippen molar-refractivity contribution in [3.8, 4) is 11.4 Å². The Morgan fingerprint density at radius 3 is 2.59 bits per heavy atom. The lowest BCUT2D eigenvalue weighted by atomic mass is 10.1. The van der Waals surface area contributed by atoms with Gasteiger partial charge in [0.25, 0.3) is 0 Å². The molecule has 17 heavy (non-hydrogen) atoms. The molecule has 0 unspecified atom stereocenters. The summed E-state index contributed by atoms with van der Waals surface area (Å²) >= 11 is 0. The van der Waals surface area contributed by atoms with Crippen molar-refractivity contribution in [2.75, 3.05) is 5.73 Å². The predicted octanol–water partition coefficient (Wildman–Crippen LogP) is 2.91. The van der Waals surface area contributed by atoms with Crippen LogP contribution in [-0.2, 0) is 6.42 Å². The van der Waals surface area contributed by atoms with Crippen LogP contribution in [0.5, 0.6) is 0 Å². The first-order valence-corrected chi connectivity index (χ1v) is 5.82. The maximum absolute atomic E-state index is 5.92. The van der Waals surface area contributed by atoms with Gasteiger partial charge in [-0.2, -0.15) is 0 Å². The smallest absolute Gasteiger partial charge is 0.161 e. The highest BCUT2D eigenvalue weighted by Gasteiger charge is 2.08. The molecule has 0 fully saturated rings. The van der Waals surface area contributed by atoms with Crippen LogP contribution >= 0.6 is 0 Å². The van der Waals surface area contributed by atoms with Crippen LogP contribution in [0.2, 0.25) is 0 Å². The van der Waals surface area contributed by atoms with E-state index in [1.54, 1.807) is 0 Å². The Balaban J connectivity index is 2.56. The summed E-state index contributed by atoms with van der Waals surface area (Å²) in [5.74, 6) is 1.29. The van der Waals surface area contributed by atoms with Crippen LogP contribution in [0.1, 0.15) is 23.7 Å². The molecule has 0 aliphatic rings. The molecule has 88 valence electrons. The summed E-state index contributed by atoms with van der Waals surface area (Å²) in [5, 5.41) is 0. The van der Waals surface area contributed by atoms with E-state index in [-0.39, 0.29) is 0 Å². The van der Waals surface area contributed by atoms with Gasteiger partial charge in [-0.1, -0.05) is 30.7 Å². The highest BCUT2D eigenvalue weighted by Crippen LogP contribution is 2.21. The summed E-state index contributed by atoms with van der Waals surface area (Å²) in [5.41, 5.74) is 10.2. The zero-order valence-electron chi connectivity index (χ0n) is 10.5. The Labute approximate surface area is 102 Å². The van der Waals surface area contributed by atoms with Gasteiger partial charge in [-0.3, -0.25) is 0 Å². The fraction of sp³-hybridized carbons (Fsp3) is 0.286. The molecule has 1 aromatic heterocycles. The lowest BCUT2D eigenvalue weighted by Gasteiger charge is -2.08. The van der Waals surface area contributed by atoms with Crippen LogP contribution in [-0.4, -0.2) is 9.97 Å². The van der Waals surface area contributed by atoms with E-state index < -0.39 is 0 Å². The van der Waals surface area contributed by atoms with Crippen molar-refractivity contribution in [2.24, 2.45) is 0 Å². The SMILES string of the molecule is CCc1nc(-c2cccc(C)c2)nc(N)c1C. The number of benzene rings is 1. The molecule has 0 amide bonds. The van der Waals surface area contributed by atoms with Gasteiger partial charge in [0.15, 0.2) is 5.82 Å². The molecule has 3 heteroatoms. The monoisotopic (exact) mass is 227 g/mol. The lowest BCUT2D eigenvalue weighted by Crippen LogP contribution is -2.04. The maximum Gasteiger partial charge on any atom is 0.161 e. The van der Waals surface area contributed by atoms with Gasteiger partial charge in [0.2, 0.25) is 0 Å². The van der Waals surface area contributed by atoms with E-state index in [4.69, 9.17) is 5.73 Å². The van der Waals surface area contributed by atoms with Gasteiger partial charge in [-0.25, -0.2) is 9.97 Å². The van der Waals surface area contributed by atoms with Gasteiger partial charge in [0.05, 0.1) is 0 Å². The first-order valence-electron chi connectivity index (χ1n) is 5.82. The minimum atomic E-state index is 0.577. The van der Waals surface area contributed by atoms with E-state index in [1.807, 2.05) is 19.1 Å². The number of hydrogen-bond acceptors (Lipinski definition) is 3. The molecule has 0 bridgehead atoms. The molecule has 0 aliphatic carbocycles. The summed E-state index contributed by atoms with van der Waals surface area (Å²) in [6.45, 7) is 6.10. The van der Waals surface area contributed by atoms with E-state index >= 15 is 0 Å². The maximum atomic E-state index is 5.92. The third kappa shape index (κ3) is 2.28. The van der Waals surface area contributed by atoms with Crippen molar-refractivity contribution in [3.63, 3.8) is 0 Å². The van der Waals surface area contributed by atoms with Crippen molar-refractivity contribution in [1.29, 1.82) is 0 Å². The highest BCUT2D eigenvalue weighted by atomic mass is 15.0. The molecule has 0 radical (unpaired) electrons. The van der Waals surface area contributed by atoms with Gasteiger partial charge >= 0.3 is 0 Å². The molecule has 2 N–H and O–H groups in total.